The molecule has 4 rings (SSSR count). The number of pyridine rings is 1. The second kappa shape index (κ2) is 6.36. The molecule has 0 aliphatic rings. The fraction of sp³-hybridized carbons (Fsp3) is 0.238. The summed E-state index contributed by atoms with van der Waals surface area (Å²) < 4.78 is 1.83. The van der Waals surface area contributed by atoms with Crippen molar-refractivity contribution in [3.05, 3.63) is 54.4 Å². The normalized spacial score (nSPS) is 11.6. The van der Waals surface area contributed by atoms with Crippen LogP contribution in [0.2, 0.25) is 0 Å². The van der Waals surface area contributed by atoms with Gasteiger partial charge in [-0.1, -0.05) is 32.9 Å². The Hall–Kier alpha value is -3.46. The minimum absolute atomic E-state index is 0.128. The molecule has 0 aliphatic heterocycles. The van der Waals surface area contributed by atoms with Gasteiger partial charge in [-0.2, -0.15) is 5.26 Å². The van der Waals surface area contributed by atoms with Crippen LogP contribution >= 0.6 is 0 Å². The minimum atomic E-state index is 0.128. The van der Waals surface area contributed by atoms with E-state index in [0.29, 0.717) is 17.1 Å². The summed E-state index contributed by atoms with van der Waals surface area (Å²) in [4.78, 5) is 14.1. The Morgan fingerprint density at radius 3 is 2.63 bits per heavy atom. The van der Waals surface area contributed by atoms with E-state index in [2.05, 4.69) is 37.1 Å². The van der Waals surface area contributed by atoms with Crippen molar-refractivity contribution >= 4 is 22.4 Å². The van der Waals surface area contributed by atoms with Crippen molar-refractivity contribution in [2.24, 2.45) is 5.41 Å². The molecule has 0 spiro atoms. The van der Waals surface area contributed by atoms with E-state index in [0.717, 1.165) is 28.9 Å². The first-order valence-electron chi connectivity index (χ1n) is 8.83. The quantitative estimate of drug-likeness (QED) is 0.593. The van der Waals surface area contributed by atoms with E-state index in [1.54, 1.807) is 12.3 Å². The molecule has 0 radical (unpaired) electrons. The lowest BCUT2D eigenvalue weighted by molar-refractivity contribution is 0.442. The Morgan fingerprint density at radius 1 is 1.04 bits per heavy atom. The highest BCUT2D eigenvalue weighted by Gasteiger charge is 2.15. The van der Waals surface area contributed by atoms with Crippen LogP contribution in [0.25, 0.3) is 28.1 Å². The lowest BCUT2D eigenvalue weighted by Crippen LogP contribution is -2.20. The largest absolute Gasteiger partial charge is 0.369 e. The molecular weight excluding hydrogens is 336 g/mol. The molecule has 0 bridgehead atoms. The van der Waals surface area contributed by atoms with E-state index in [1.807, 2.05) is 40.9 Å². The molecule has 0 aliphatic carbocycles. The number of fused-ring (bicyclic) bond motifs is 2. The van der Waals surface area contributed by atoms with E-state index >= 15 is 0 Å². The first-order chi connectivity index (χ1) is 12.9. The summed E-state index contributed by atoms with van der Waals surface area (Å²) in [5, 5.41) is 13.5. The molecule has 0 atom stereocenters. The molecule has 0 saturated carbocycles. The highest BCUT2D eigenvalue weighted by Crippen LogP contribution is 2.26. The topological polar surface area (TPSA) is 78.9 Å². The van der Waals surface area contributed by atoms with Gasteiger partial charge in [0.25, 0.3) is 0 Å². The first kappa shape index (κ1) is 17.0. The third kappa shape index (κ3) is 3.44. The van der Waals surface area contributed by atoms with Gasteiger partial charge >= 0.3 is 0 Å². The number of aromatic nitrogens is 4. The SMILES string of the molecule is CC(C)(C)CNc1nc(-c2cn3cc(C#N)ccc3n2)nc2ccccc12. The molecule has 134 valence electrons. The van der Waals surface area contributed by atoms with Crippen molar-refractivity contribution in [2.75, 3.05) is 11.9 Å². The van der Waals surface area contributed by atoms with Crippen LogP contribution in [0.4, 0.5) is 5.82 Å². The van der Waals surface area contributed by atoms with Gasteiger partial charge in [-0.15, -0.1) is 0 Å². The summed E-state index contributed by atoms with van der Waals surface area (Å²) in [6.45, 7) is 7.34. The number of anilines is 1. The van der Waals surface area contributed by atoms with E-state index < -0.39 is 0 Å². The van der Waals surface area contributed by atoms with Gasteiger partial charge in [-0.25, -0.2) is 15.0 Å². The Morgan fingerprint density at radius 2 is 1.85 bits per heavy atom. The first-order valence-corrected chi connectivity index (χ1v) is 8.83. The number of nitrogens with zero attached hydrogens (tertiary/aromatic N) is 5. The van der Waals surface area contributed by atoms with Crippen LogP contribution in [-0.2, 0) is 0 Å². The van der Waals surface area contributed by atoms with E-state index in [-0.39, 0.29) is 5.41 Å². The summed E-state index contributed by atoms with van der Waals surface area (Å²) in [6, 6.07) is 13.7. The zero-order valence-electron chi connectivity index (χ0n) is 15.6. The Kier molecular flexibility index (Phi) is 4.00. The molecule has 3 aromatic heterocycles. The van der Waals surface area contributed by atoms with Gasteiger partial charge in [0.1, 0.15) is 23.2 Å². The number of benzene rings is 1. The van der Waals surface area contributed by atoms with Gasteiger partial charge < -0.3 is 9.72 Å². The van der Waals surface area contributed by atoms with Gasteiger partial charge in [-0.3, -0.25) is 0 Å². The average Bonchev–Trinajstić information content (AvgIpc) is 3.08. The highest BCUT2D eigenvalue weighted by molar-refractivity contribution is 5.90. The van der Waals surface area contributed by atoms with Crippen molar-refractivity contribution in [1.82, 2.24) is 19.4 Å². The second-order valence-corrected chi connectivity index (χ2v) is 7.75. The molecule has 6 nitrogen and oxygen atoms in total. The predicted octanol–water partition coefficient (Wildman–Crippen LogP) is 4.27. The third-order valence-electron chi connectivity index (χ3n) is 4.20. The maximum atomic E-state index is 9.08. The van der Waals surface area contributed by atoms with Gasteiger partial charge in [0.2, 0.25) is 0 Å². The molecule has 0 fully saturated rings. The van der Waals surface area contributed by atoms with Crippen LogP contribution in [0.15, 0.2) is 48.8 Å². The van der Waals surface area contributed by atoms with Crippen molar-refractivity contribution in [2.45, 2.75) is 20.8 Å². The van der Waals surface area contributed by atoms with Crippen molar-refractivity contribution in [3.63, 3.8) is 0 Å². The number of para-hydroxylation sites is 1. The Labute approximate surface area is 157 Å². The fourth-order valence-electron chi connectivity index (χ4n) is 2.84. The zero-order chi connectivity index (χ0) is 19.0. The average molecular weight is 356 g/mol. The number of hydrogen-bond donors (Lipinski definition) is 1. The van der Waals surface area contributed by atoms with Crippen LogP contribution < -0.4 is 5.32 Å². The number of hydrogen-bond acceptors (Lipinski definition) is 5. The molecular formula is C21H20N6. The molecule has 3 heterocycles. The smallest absolute Gasteiger partial charge is 0.182 e. The second-order valence-electron chi connectivity index (χ2n) is 7.75. The summed E-state index contributed by atoms with van der Waals surface area (Å²) in [6.07, 6.45) is 3.61. The summed E-state index contributed by atoms with van der Waals surface area (Å²) in [5.74, 6) is 1.37. The lowest BCUT2D eigenvalue weighted by atomic mass is 9.97. The summed E-state index contributed by atoms with van der Waals surface area (Å²) in [7, 11) is 0. The van der Waals surface area contributed by atoms with E-state index in [9.17, 15) is 0 Å². The van der Waals surface area contributed by atoms with Gasteiger partial charge in [-0.05, 0) is 29.7 Å². The van der Waals surface area contributed by atoms with Crippen molar-refractivity contribution in [1.29, 1.82) is 5.26 Å². The number of rotatable bonds is 3. The zero-order valence-corrected chi connectivity index (χ0v) is 15.6. The third-order valence-corrected chi connectivity index (χ3v) is 4.20. The Balaban J connectivity index is 1.83. The molecule has 1 aromatic carbocycles. The van der Waals surface area contributed by atoms with Gasteiger partial charge in [0.15, 0.2) is 5.82 Å². The lowest BCUT2D eigenvalue weighted by Gasteiger charge is -2.20. The van der Waals surface area contributed by atoms with E-state index in [1.165, 1.54) is 0 Å². The number of nitrogens with one attached hydrogen (secondary N) is 1. The van der Waals surface area contributed by atoms with Crippen LogP contribution in [-0.4, -0.2) is 25.9 Å². The van der Waals surface area contributed by atoms with Crippen molar-refractivity contribution in [3.8, 4) is 17.6 Å². The Bertz CT molecular complexity index is 1180. The van der Waals surface area contributed by atoms with Crippen LogP contribution in [0.1, 0.15) is 26.3 Å². The number of nitriles is 1. The fourth-order valence-corrected chi connectivity index (χ4v) is 2.84. The van der Waals surface area contributed by atoms with Crippen LogP contribution in [0.3, 0.4) is 0 Å². The van der Waals surface area contributed by atoms with E-state index in [4.69, 9.17) is 15.2 Å². The summed E-state index contributed by atoms with van der Waals surface area (Å²) >= 11 is 0. The molecule has 27 heavy (non-hydrogen) atoms. The monoisotopic (exact) mass is 356 g/mol. The van der Waals surface area contributed by atoms with Crippen LogP contribution in [0.5, 0.6) is 0 Å². The standard InChI is InChI=1S/C21H20N6/c1-21(2,3)13-23-19-15-6-4-5-7-16(15)25-20(26-19)17-12-27-11-14(10-22)8-9-18(27)24-17/h4-9,11-12H,13H2,1-3H3,(H,23,25,26). The predicted molar refractivity (Wildman–Crippen MR) is 106 cm³/mol. The molecule has 0 unspecified atom stereocenters. The molecule has 0 amide bonds. The number of imidazole rings is 1. The molecule has 4 aromatic rings. The molecule has 6 heteroatoms. The van der Waals surface area contributed by atoms with Gasteiger partial charge in [0, 0.05) is 24.3 Å². The summed E-state index contributed by atoms with van der Waals surface area (Å²) in [5.41, 5.74) is 3.01. The minimum Gasteiger partial charge on any atom is -0.369 e. The van der Waals surface area contributed by atoms with Gasteiger partial charge in [0.05, 0.1) is 11.1 Å². The highest BCUT2D eigenvalue weighted by atomic mass is 15.1. The molecule has 1 N–H and O–H groups in total. The van der Waals surface area contributed by atoms with Crippen LogP contribution in [0, 0.1) is 16.7 Å². The maximum absolute atomic E-state index is 9.08. The molecule has 0 saturated heterocycles. The van der Waals surface area contributed by atoms with Crippen molar-refractivity contribution < 1.29 is 0 Å². The maximum Gasteiger partial charge on any atom is 0.182 e.